The predicted octanol–water partition coefficient (Wildman–Crippen LogP) is 2.16. The highest BCUT2D eigenvalue weighted by atomic mass is 16.5. The Labute approximate surface area is 68.0 Å². The van der Waals surface area contributed by atoms with Crippen LogP contribution in [0.15, 0.2) is 17.1 Å². The van der Waals surface area contributed by atoms with Crippen LogP contribution < -0.4 is 0 Å². The largest absolute Gasteiger partial charge is 0.476 e. The van der Waals surface area contributed by atoms with Crippen LogP contribution in [0.25, 0.3) is 0 Å². The standard InChI is InChI=1S/C9H15NO/c1-3-5-6-9-10-8(4-2)7-11-9/h5-6,8H,3-4,7H2,1-2H3/b6-5+/t8-/m1/s1. The predicted molar refractivity (Wildman–Crippen MR) is 46.9 cm³/mol. The van der Waals surface area contributed by atoms with Crippen LogP contribution in [0.1, 0.15) is 26.7 Å². The summed E-state index contributed by atoms with van der Waals surface area (Å²) in [6.07, 6.45) is 6.13. The van der Waals surface area contributed by atoms with E-state index in [1.807, 2.05) is 6.08 Å². The van der Waals surface area contributed by atoms with E-state index in [-0.39, 0.29) is 0 Å². The van der Waals surface area contributed by atoms with Gasteiger partial charge < -0.3 is 4.74 Å². The minimum Gasteiger partial charge on any atom is -0.476 e. The van der Waals surface area contributed by atoms with Crippen molar-refractivity contribution < 1.29 is 4.74 Å². The maximum absolute atomic E-state index is 5.32. The Bertz CT molecular complexity index is 172. The van der Waals surface area contributed by atoms with Crippen LogP contribution in [0.5, 0.6) is 0 Å². The van der Waals surface area contributed by atoms with Crippen LogP contribution in [0, 0.1) is 0 Å². The van der Waals surface area contributed by atoms with E-state index >= 15 is 0 Å². The Morgan fingerprint density at radius 2 is 2.45 bits per heavy atom. The molecule has 2 heteroatoms. The molecule has 0 aromatic rings. The molecule has 1 aliphatic rings. The number of rotatable bonds is 3. The highest BCUT2D eigenvalue weighted by molar-refractivity contribution is 5.88. The highest BCUT2D eigenvalue weighted by Crippen LogP contribution is 2.08. The molecule has 0 N–H and O–H groups in total. The number of nitrogens with zero attached hydrogens (tertiary/aromatic N) is 1. The second-order valence-corrected chi connectivity index (χ2v) is 2.65. The van der Waals surface area contributed by atoms with Crippen molar-refractivity contribution in [2.75, 3.05) is 6.61 Å². The molecule has 0 aromatic heterocycles. The number of aliphatic imine (C=N–C) groups is 1. The summed E-state index contributed by atoms with van der Waals surface area (Å²) in [5, 5.41) is 0. The van der Waals surface area contributed by atoms with E-state index in [9.17, 15) is 0 Å². The zero-order valence-corrected chi connectivity index (χ0v) is 7.21. The Kier molecular flexibility index (Phi) is 3.14. The average molecular weight is 153 g/mol. The molecule has 1 heterocycles. The lowest BCUT2D eigenvalue weighted by Crippen LogP contribution is -2.02. The molecule has 0 bridgehead atoms. The van der Waals surface area contributed by atoms with E-state index < -0.39 is 0 Å². The minimum atomic E-state index is 0.395. The SMILES string of the molecule is CC/C=C/C1=N[C@H](CC)CO1. The molecule has 11 heavy (non-hydrogen) atoms. The molecule has 0 radical (unpaired) electrons. The monoisotopic (exact) mass is 153 g/mol. The number of allylic oxidation sites excluding steroid dienone is 1. The smallest absolute Gasteiger partial charge is 0.208 e. The molecule has 0 aromatic carbocycles. The van der Waals surface area contributed by atoms with E-state index in [1.165, 1.54) is 0 Å². The number of hydrogen-bond acceptors (Lipinski definition) is 2. The van der Waals surface area contributed by atoms with Gasteiger partial charge in [0.05, 0.1) is 6.04 Å². The van der Waals surface area contributed by atoms with E-state index in [2.05, 4.69) is 24.9 Å². The normalized spacial score (nSPS) is 23.8. The van der Waals surface area contributed by atoms with Gasteiger partial charge in [0.15, 0.2) is 0 Å². The van der Waals surface area contributed by atoms with Crippen LogP contribution in [0.2, 0.25) is 0 Å². The van der Waals surface area contributed by atoms with Gasteiger partial charge in [-0.15, -0.1) is 0 Å². The van der Waals surface area contributed by atoms with Gasteiger partial charge in [-0.3, -0.25) is 0 Å². The van der Waals surface area contributed by atoms with E-state index in [4.69, 9.17) is 4.74 Å². The van der Waals surface area contributed by atoms with Gasteiger partial charge >= 0.3 is 0 Å². The second kappa shape index (κ2) is 4.16. The number of ether oxygens (including phenoxy) is 1. The van der Waals surface area contributed by atoms with Crippen LogP contribution in [0.4, 0.5) is 0 Å². The molecule has 0 spiro atoms. The fraction of sp³-hybridized carbons (Fsp3) is 0.667. The zero-order chi connectivity index (χ0) is 8.10. The third-order valence-corrected chi connectivity index (χ3v) is 1.70. The molecule has 0 amide bonds. The van der Waals surface area contributed by atoms with Crippen molar-refractivity contribution in [3.05, 3.63) is 12.2 Å². The molecular formula is C9H15NO. The highest BCUT2D eigenvalue weighted by Gasteiger charge is 2.13. The van der Waals surface area contributed by atoms with Gasteiger partial charge in [-0.25, -0.2) is 4.99 Å². The molecule has 62 valence electrons. The summed E-state index contributed by atoms with van der Waals surface area (Å²) in [5.74, 6) is 0.804. The lowest BCUT2D eigenvalue weighted by molar-refractivity contribution is 0.316. The summed E-state index contributed by atoms with van der Waals surface area (Å²) in [4.78, 5) is 4.35. The molecule has 0 aliphatic carbocycles. The summed E-state index contributed by atoms with van der Waals surface area (Å²) in [5.41, 5.74) is 0. The van der Waals surface area contributed by atoms with E-state index in [0.717, 1.165) is 25.3 Å². The summed E-state index contributed by atoms with van der Waals surface area (Å²) < 4.78 is 5.32. The van der Waals surface area contributed by atoms with Gasteiger partial charge in [-0.1, -0.05) is 19.9 Å². The first-order chi connectivity index (χ1) is 5.36. The first-order valence-electron chi connectivity index (χ1n) is 4.24. The second-order valence-electron chi connectivity index (χ2n) is 2.65. The maximum Gasteiger partial charge on any atom is 0.208 e. The first kappa shape index (κ1) is 8.31. The zero-order valence-electron chi connectivity index (χ0n) is 7.21. The molecule has 1 rings (SSSR count). The van der Waals surface area contributed by atoms with Crippen molar-refractivity contribution in [3.63, 3.8) is 0 Å². The topological polar surface area (TPSA) is 21.6 Å². The van der Waals surface area contributed by atoms with Gasteiger partial charge in [0, 0.05) is 0 Å². The van der Waals surface area contributed by atoms with Gasteiger partial charge in [-0.05, 0) is 18.9 Å². The van der Waals surface area contributed by atoms with Crippen molar-refractivity contribution in [2.45, 2.75) is 32.7 Å². The Morgan fingerprint density at radius 3 is 3.00 bits per heavy atom. The summed E-state index contributed by atoms with van der Waals surface area (Å²) in [6, 6.07) is 0.395. The third kappa shape index (κ3) is 2.37. The first-order valence-corrected chi connectivity index (χ1v) is 4.24. The van der Waals surface area contributed by atoms with Crippen molar-refractivity contribution in [3.8, 4) is 0 Å². The van der Waals surface area contributed by atoms with Crippen LogP contribution in [-0.4, -0.2) is 18.5 Å². The molecule has 0 unspecified atom stereocenters. The molecule has 0 saturated carbocycles. The van der Waals surface area contributed by atoms with Crippen LogP contribution in [0.3, 0.4) is 0 Å². The van der Waals surface area contributed by atoms with E-state index in [1.54, 1.807) is 0 Å². The Balaban J connectivity index is 2.42. The summed E-state index contributed by atoms with van der Waals surface area (Å²) in [6.45, 7) is 4.99. The van der Waals surface area contributed by atoms with Gasteiger partial charge in [0.2, 0.25) is 5.90 Å². The van der Waals surface area contributed by atoms with Crippen molar-refractivity contribution in [1.82, 2.24) is 0 Å². The van der Waals surface area contributed by atoms with Gasteiger partial charge in [0.1, 0.15) is 6.61 Å². The van der Waals surface area contributed by atoms with Gasteiger partial charge in [0.25, 0.3) is 0 Å². The lowest BCUT2D eigenvalue weighted by atomic mass is 10.3. The fourth-order valence-corrected chi connectivity index (χ4v) is 0.955. The molecule has 0 fully saturated rings. The molecule has 0 saturated heterocycles. The lowest BCUT2D eigenvalue weighted by Gasteiger charge is -1.95. The Morgan fingerprint density at radius 1 is 1.64 bits per heavy atom. The number of hydrogen-bond donors (Lipinski definition) is 0. The summed E-state index contributed by atoms with van der Waals surface area (Å²) >= 11 is 0. The summed E-state index contributed by atoms with van der Waals surface area (Å²) in [7, 11) is 0. The average Bonchev–Trinajstić information content (AvgIpc) is 2.48. The minimum absolute atomic E-state index is 0.395. The van der Waals surface area contributed by atoms with Crippen molar-refractivity contribution >= 4 is 5.90 Å². The van der Waals surface area contributed by atoms with Crippen LogP contribution >= 0.6 is 0 Å². The van der Waals surface area contributed by atoms with Crippen LogP contribution in [-0.2, 0) is 4.74 Å². The maximum atomic E-state index is 5.32. The van der Waals surface area contributed by atoms with Crippen molar-refractivity contribution in [1.29, 1.82) is 0 Å². The van der Waals surface area contributed by atoms with Crippen molar-refractivity contribution in [2.24, 2.45) is 4.99 Å². The fourth-order valence-electron chi connectivity index (χ4n) is 0.955. The van der Waals surface area contributed by atoms with E-state index in [0.29, 0.717) is 6.04 Å². The quantitative estimate of drug-likeness (QED) is 0.609. The molecule has 1 atom stereocenters. The Hall–Kier alpha value is -0.790. The molecular weight excluding hydrogens is 138 g/mol. The molecule has 2 nitrogen and oxygen atoms in total. The molecule has 1 aliphatic heterocycles. The third-order valence-electron chi connectivity index (χ3n) is 1.70. The van der Waals surface area contributed by atoms with Gasteiger partial charge in [-0.2, -0.15) is 0 Å².